The van der Waals surface area contributed by atoms with Crippen molar-refractivity contribution in [1.29, 1.82) is 0 Å². The van der Waals surface area contributed by atoms with Crippen molar-refractivity contribution in [3.05, 3.63) is 51.4 Å². The molecule has 0 saturated heterocycles. The van der Waals surface area contributed by atoms with E-state index in [4.69, 9.17) is 0 Å². The number of carboxylic acid groups (broad SMARTS) is 1. The van der Waals surface area contributed by atoms with Crippen molar-refractivity contribution in [3.63, 3.8) is 0 Å². The number of hydrogen-bond acceptors (Lipinski definition) is 1. The van der Waals surface area contributed by atoms with Gasteiger partial charge in [-0.25, -0.2) is 4.79 Å². The third-order valence-electron chi connectivity index (χ3n) is 2.98. The summed E-state index contributed by atoms with van der Waals surface area (Å²) < 4.78 is 2.67. The van der Waals surface area contributed by atoms with Gasteiger partial charge in [-0.05, 0) is 45.7 Å². The second-order valence-electron chi connectivity index (χ2n) is 5.49. The zero-order valence-corrected chi connectivity index (χ0v) is 13.3. The summed E-state index contributed by atoms with van der Waals surface area (Å²) in [5.41, 5.74) is 2.31. The molecule has 0 fully saturated rings. The van der Waals surface area contributed by atoms with Gasteiger partial charge in [-0.2, -0.15) is 0 Å². The van der Waals surface area contributed by atoms with Crippen LogP contribution in [-0.4, -0.2) is 15.6 Å². The second kappa shape index (κ2) is 5.00. The highest BCUT2D eigenvalue weighted by atomic mass is 127. The molecule has 1 heterocycles. The van der Waals surface area contributed by atoms with Crippen LogP contribution in [0.4, 0.5) is 0 Å². The largest absolute Gasteiger partial charge is 0.477 e. The van der Waals surface area contributed by atoms with Crippen LogP contribution in [-0.2, 0) is 5.41 Å². The number of nitrogens with zero attached hydrogens (tertiary/aromatic N) is 1. The van der Waals surface area contributed by atoms with Crippen LogP contribution in [0.1, 0.15) is 36.8 Å². The van der Waals surface area contributed by atoms with Gasteiger partial charge in [0, 0.05) is 15.5 Å². The monoisotopic (exact) mass is 369 g/mol. The zero-order valence-electron chi connectivity index (χ0n) is 11.1. The quantitative estimate of drug-likeness (QED) is 0.811. The van der Waals surface area contributed by atoms with E-state index in [9.17, 15) is 9.90 Å². The molecule has 4 heteroatoms. The number of carboxylic acids is 1. The molecular formula is C15H16INO2. The van der Waals surface area contributed by atoms with Crippen LogP contribution < -0.4 is 0 Å². The summed E-state index contributed by atoms with van der Waals surface area (Å²) in [4.78, 5) is 11.3. The van der Waals surface area contributed by atoms with Crippen molar-refractivity contribution < 1.29 is 9.90 Å². The fourth-order valence-electron chi connectivity index (χ4n) is 2.11. The summed E-state index contributed by atoms with van der Waals surface area (Å²) in [5.74, 6) is -0.911. The van der Waals surface area contributed by atoms with Gasteiger partial charge in [0.2, 0.25) is 0 Å². The highest BCUT2D eigenvalue weighted by molar-refractivity contribution is 14.1. The molecule has 100 valence electrons. The van der Waals surface area contributed by atoms with Gasteiger partial charge in [0.15, 0.2) is 0 Å². The Morgan fingerprint density at radius 1 is 1.26 bits per heavy atom. The molecule has 19 heavy (non-hydrogen) atoms. The van der Waals surface area contributed by atoms with Crippen LogP contribution in [0, 0.1) is 3.57 Å². The molecule has 0 spiro atoms. The number of aromatic carboxylic acids is 1. The van der Waals surface area contributed by atoms with E-state index in [1.54, 1.807) is 10.6 Å². The third kappa shape index (κ3) is 2.83. The number of hydrogen-bond donors (Lipinski definition) is 1. The first-order chi connectivity index (χ1) is 8.80. The highest BCUT2D eigenvalue weighted by Crippen LogP contribution is 2.30. The molecule has 0 saturated carbocycles. The third-order valence-corrected chi connectivity index (χ3v) is 3.57. The molecule has 1 N–H and O–H groups in total. The van der Waals surface area contributed by atoms with Gasteiger partial charge < -0.3 is 9.67 Å². The van der Waals surface area contributed by atoms with Crippen molar-refractivity contribution in [2.75, 3.05) is 0 Å². The molecule has 0 radical (unpaired) electrons. The van der Waals surface area contributed by atoms with Crippen LogP contribution in [0.15, 0.2) is 36.5 Å². The first-order valence-corrected chi connectivity index (χ1v) is 7.09. The van der Waals surface area contributed by atoms with Crippen molar-refractivity contribution >= 4 is 28.6 Å². The van der Waals surface area contributed by atoms with Gasteiger partial charge in [-0.3, -0.25) is 0 Å². The molecule has 0 unspecified atom stereocenters. The average Bonchev–Trinajstić information content (AvgIpc) is 2.70. The van der Waals surface area contributed by atoms with E-state index >= 15 is 0 Å². The molecule has 0 aliphatic heterocycles. The van der Waals surface area contributed by atoms with Crippen LogP contribution in [0.5, 0.6) is 0 Å². The molecular weight excluding hydrogens is 353 g/mol. The zero-order chi connectivity index (χ0) is 14.2. The SMILES string of the molecule is CC(C)(C)c1ccccc1-n1cc(I)cc1C(=O)O. The average molecular weight is 369 g/mol. The fourth-order valence-corrected chi connectivity index (χ4v) is 2.69. The Morgan fingerprint density at radius 2 is 1.89 bits per heavy atom. The van der Waals surface area contributed by atoms with Gasteiger partial charge in [-0.15, -0.1) is 0 Å². The lowest BCUT2D eigenvalue weighted by molar-refractivity contribution is 0.0688. The maximum atomic E-state index is 11.3. The van der Waals surface area contributed by atoms with Gasteiger partial charge in [0.25, 0.3) is 0 Å². The van der Waals surface area contributed by atoms with Gasteiger partial charge in [-0.1, -0.05) is 39.0 Å². The van der Waals surface area contributed by atoms with Crippen LogP contribution in [0.3, 0.4) is 0 Å². The smallest absolute Gasteiger partial charge is 0.352 e. The maximum absolute atomic E-state index is 11.3. The van der Waals surface area contributed by atoms with Crippen molar-refractivity contribution in [2.45, 2.75) is 26.2 Å². The summed E-state index contributed by atoms with van der Waals surface area (Å²) in [6.07, 6.45) is 1.86. The Kier molecular flexibility index (Phi) is 3.71. The topological polar surface area (TPSA) is 42.2 Å². The molecule has 1 aromatic carbocycles. The van der Waals surface area contributed by atoms with E-state index in [0.29, 0.717) is 5.69 Å². The van der Waals surface area contributed by atoms with Crippen molar-refractivity contribution in [2.24, 2.45) is 0 Å². The molecule has 0 atom stereocenters. The molecule has 0 bridgehead atoms. The van der Waals surface area contributed by atoms with Gasteiger partial charge >= 0.3 is 5.97 Å². The summed E-state index contributed by atoms with van der Waals surface area (Å²) in [6.45, 7) is 6.38. The summed E-state index contributed by atoms with van der Waals surface area (Å²) in [7, 11) is 0. The van der Waals surface area contributed by atoms with Gasteiger partial charge in [0.1, 0.15) is 5.69 Å². The van der Waals surface area contributed by atoms with E-state index in [1.807, 2.05) is 30.5 Å². The summed E-state index contributed by atoms with van der Waals surface area (Å²) in [6, 6.07) is 9.61. The standard InChI is InChI=1S/C15H16INO2/c1-15(2,3)11-6-4-5-7-12(11)17-9-10(16)8-13(17)14(18)19/h4-9H,1-3H3,(H,18,19). The minimum Gasteiger partial charge on any atom is -0.477 e. The Morgan fingerprint density at radius 3 is 2.47 bits per heavy atom. The van der Waals surface area contributed by atoms with E-state index < -0.39 is 5.97 Å². The van der Waals surface area contributed by atoms with Crippen LogP contribution in [0.25, 0.3) is 5.69 Å². The predicted octanol–water partition coefficient (Wildman–Crippen LogP) is 4.08. The minimum absolute atomic E-state index is 0.0396. The molecule has 2 rings (SSSR count). The number of carbonyl (C=O) groups is 1. The number of benzene rings is 1. The van der Waals surface area contributed by atoms with E-state index in [1.165, 1.54) is 0 Å². The summed E-state index contributed by atoms with van der Waals surface area (Å²) >= 11 is 2.13. The highest BCUT2D eigenvalue weighted by Gasteiger charge is 2.21. The van der Waals surface area contributed by atoms with E-state index in [-0.39, 0.29) is 5.41 Å². The molecule has 1 aromatic heterocycles. The molecule has 2 aromatic rings. The first kappa shape index (κ1) is 14.1. The molecule has 3 nitrogen and oxygen atoms in total. The minimum atomic E-state index is -0.911. The Bertz CT molecular complexity index is 623. The van der Waals surface area contributed by atoms with Crippen LogP contribution in [0.2, 0.25) is 0 Å². The first-order valence-electron chi connectivity index (χ1n) is 6.02. The van der Waals surface area contributed by atoms with E-state index in [2.05, 4.69) is 43.4 Å². The molecule has 0 aliphatic carbocycles. The van der Waals surface area contributed by atoms with Crippen molar-refractivity contribution in [1.82, 2.24) is 4.57 Å². The van der Waals surface area contributed by atoms with Crippen molar-refractivity contribution in [3.8, 4) is 5.69 Å². The lowest BCUT2D eigenvalue weighted by Crippen LogP contribution is -2.16. The number of halogens is 1. The lowest BCUT2D eigenvalue weighted by Gasteiger charge is -2.23. The maximum Gasteiger partial charge on any atom is 0.352 e. The normalized spacial score (nSPS) is 11.6. The predicted molar refractivity (Wildman–Crippen MR) is 84.1 cm³/mol. The number of rotatable bonds is 2. The molecule has 0 aliphatic rings. The Hall–Kier alpha value is -1.30. The Labute approximate surface area is 126 Å². The Balaban J connectivity index is 2.70. The summed E-state index contributed by atoms with van der Waals surface area (Å²) in [5, 5.41) is 9.31. The number of aromatic nitrogens is 1. The fraction of sp³-hybridized carbons (Fsp3) is 0.267. The second-order valence-corrected chi connectivity index (χ2v) is 6.73. The number of para-hydroxylation sites is 1. The molecule has 0 amide bonds. The lowest BCUT2D eigenvalue weighted by atomic mass is 9.85. The van der Waals surface area contributed by atoms with Gasteiger partial charge in [0.05, 0.1) is 0 Å². The van der Waals surface area contributed by atoms with Crippen LogP contribution >= 0.6 is 22.6 Å². The van der Waals surface area contributed by atoms with E-state index in [0.717, 1.165) is 14.8 Å².